The molecule has 4 aliphatic rings. The average Bonchev–Trinajstić information content (AvgIpc) is 3.28. The van der Waals surface area contributed by atoms with Gasteiger partial charge in [-0.15, -0.1) is 0 Å². The standard InChI is InChI=1S/C32H45ClN8O3/c1-5-31(4)17-37(6-8-39-10-11-44-16-26(39)43)7-9-40(31)30-27(28-24(15-34)25(35)12-21(2)29(28)33)22(3)41(36-30)23-13-32(14-23)18-38(19-32)20-42/h12,15,20,23,34H,5-11,13-14,16-19,35H2,1-4H3/t31-/m0/s1. The molecule has 0 unspecified atom stereocenters. The van der Waals surface area contributed by atoms with Crippen molar-refractivity contribution in [2.24, 2.45) is 5.41 Å². The fraction of sp³-hybridized carbons (Fsp3) is 0.625. The third-order valence-corrected chi connectivity index (χ3v) is 11.1. The second-order valence-corrected chi connectivity index (χ2v) is 13.9. The summed E-state index contributed by atoms with van der Waals surface area (Å²) < 4.78 is 7.48. The molecule has 0 radical (unpaired) electrons. The van der Waals surface area contributed by atoms with Gasteiger partial charge in [0.1, 0.15) is 6.61 Å². The fourth-order valence-electron chi connectivity index (χ4n) is 7.90. The zero-order valence-electron chi connectivity index (χ0n) is 26.4. The van der Waals surface area contributed by atoms with E-state index in [1.54, 1.807) is 0 Å². The number of aryl methyl sites for hydroxylation is 1. The van der Waals surface area contributed by atoms with Crippen molar-refractivity contribution >= 4 is 41.6 Å². The summed E-state index contributed by atoms with van der Waals surface area (Å²) in [5.41, 5.74) is 11.2. The summed E-state index contributed by atoms with van der Waals surface area (Å²) in [6, 6.07) is 2.08. The summed E-state index contributed by atoms with van der Waals surface area (Å²) in [6.07, 6.45) is 5.13. The van der Waals surface area contributed by atoms with Gasteiger partial charge >= 0.3 is 0 Å². The van der Waals surface area contributed by atoms with Crippen LogP contribution in [0.25, 0.3) is 11.1 Å². The molecule has 6 rings (SSSR count). The molecule has 1 spiro atoms. The minimum atomic E-state index is -0.223. The number of amides is 2. The summed E-state index contributed by atoms with van der Waals surface area (Å²) in [7, 11) is 0. The van der Waals surface area contributed by atoms with Crippen LogP contribution in [0.1, 0.15) is 56.0 Å². The molecule has 1 aliphatic carbocycles. The van der Waals surface area contributed by atoms with Crippen molar-refractivity contribution in [2.45, 2.75) is 58.5 Å². The third-order valence-electron chi connectivity index (χ3n) is 10.6. The van der Waals surface area contributed by atoms with Crippen LogP contribution in [0.15, 0.2) is 6.07 Å². The Kier molecular flexibility index (Phi) is 8.17. The van der Waals surface area contributed by atoms with Gasteiger partial charge in [0.2, 0.25) is 12.3 Å². The van der Waals surface area contributed by atoms with E-state index in [1.807, 2.05) is 22.8 Å². The van der Waals surface area contributed by atoms with Crippen molar-refractivity contribution in [2.75, 3.05) is 76.2 Å². The SMILES string of the molecule is CC[C@@]1(C)CN(CCN2CCOCC2=O)CCN1c1nn(C2CC3(C2)CN(C=O)C3)c(C)c1-c1c(Cl)c(C)cc(N)c1C=N. The molecule has 3 saturated heterocycles. The minimum Gasteiger partial charge on any atom is -0.398 e. The molecule has 4 fully saturated rings. The van der Waals surface area contributed by atoms with Crippen molar-refractivity contribution in [3.63, 3.8) is 0 Å². The number of benzene rings is 1. The van der Waals surface area contributed by atoms with Gasteiger partial charge in [-0.25, -0.2) is 0 Å². The number of nitrogens with two attached hydrogens (primary N) is 1. The third kappa shape index (κ3) is 5.16. The summed E-state index contributed by atoms with van der Waals surface area (Å²) in [6.45, 7) is 15.6. The molecule has 44 heavy (non-hydrogen) atoms. The minimum absolute atomic E-state index is 0.0636. The molecule has 2 aromatic rings. The van der Waals surface area contributed by atoms with Crippen LogP contribution in [0.4, 0.5) is 11.5 Å². The number of morpholine rings is 1. The maximum atomic E-state index is 12.3. The van der Waals surface area contributed by atoms with Crippen LogP contribution < -0.4 is 10.6 Å². The topological polar surface area (TPSA) is 124 Å². The number of hydrogen-bond acceptors (Lipinski definition) is 8. The number of anilines is 2. The van der Waals surface area contributed by atoms with Crippen molar-refractivity contribution in [1.82, 2.24) is 24.5 Å². The number of nitrogens with one attached hydrogen (secondary N) is 1. The highest BCUT2D eigenvalue weighted by molar-refractivity contribution is 6.35. The Bertz CT molecular complexity index is 1460. The first-order valence-electron chi connectivity index (χ1n) is 15.8. The van der Waals surface area contributed by atoms with E-state index in [-0.39, 0.29) is 29.5 Å². The number of likely N-dealkylation sites (tertiary alicyclic amines) is 1. The second-order valence-electron chi connectivity index (χ2n) is 13.5. The van der Waals surface area contributed by atoms with E-state index in [9.17, 15) is 9.59 Å². The van der Waals surface area contributed by atoms with Gasteiger partial charge in [0.05, 0.1) is 23.2 Å². The highest BCUT2D eigenvalue weighted by Gasteiger charge is 2.53. The number of nitrogen functional groups attached to an aromatic ring is 1. The summed E-state index contributed by atoms with van der Waals surface area (Å²) in [5.74, 6) is 0.947. The molecule has 12 heteroatoms. The number of halogens is 1. The molecule has 11 nitrogen and oxygen atoms in total. The molecule has 2 amide bonds. The van der Waals surface area contributed by atoms with Gasteiger partial charge in [0.25, 0.3) is 0 Å². The van der Waals surface area contributed by atoms with E-state index >= 15 is 0 Å². The van der Waals surface area contributed by atoms with Crippen LogP contribution in [0.2, 0.25) is 5.02 Å². The molecule has 0 bridgehead atoms. The monoisotopic (exact) mass is 624 g/mol. The number of aromatic nitrogens is 2. The maximum absolute atomic E-state index is 12.3. The van der Waals surface area contributed by atoms with E-state index in [0.29, 0.717) is 36.0 Å². The molecule has 4 heterocycles. The summed E-state index contributed by atoms with van der Waals surface area (Å²) in [5, 5.41) is 14.3. The lowest BCUT2D eigenvalue weighted by Crippen LogP contribution is -2.62. The molecule has 238 valence electrons. The Morgan fingerprint density at radius 1 is 1.16 bits per heavy atom. The number of hydrogen-bond donors (Lipinski definition) is 2. The van der Waals surface area contributed by atoms with Crippen LogP contribution >= 0.6 is 11.6 Å². The number of piperazine rings is 1. The van der Waals surface area contributed by atoms with Gasteiger partial charge in [0.15, 0.2) is 5.82 Å². The predicted octanol–water partition coefficient (Wildman–Crippen LogP) is 3.34. The highest BCUT2D eigenvalue weighted by Crippen LogP contribution is 2.55. The first kappa shape index (κ1) is 30.9. The Morgan fingerprint density at radius 3 is 2.57 bits per heavy atom. The van der Waals surface area contributed by atoms with Gasteiger partial charge in [-0.3, -0.25) is 19.2 Å². The number of ether oxygens (including phenoxy) is 1. The first-order chi connectivity index (χ1) is 21.0. The fourth-order valence-corrected chi connectivity index (χ4v) is 8.15. The molecule has 1 atom stereocenters. The Labute approximate surface area is 264 Å². The van der Waals surface area contributed by atoms with Crippen molar-refractivity contribution in [3.8, 4) is 11.1 Å². The van der Waals surface area contributed by atoms with E-state index in [0.717, 1.165) is 93.1 Å². The largest absolute Gasteiger partial charge is 0.398 e. The van der Waals surface area contributed by atoms with Crippen molar-refractivity contribution in [1.29, 1.82) is 5.41 Å². The van der Waals surface area contributed by atoms with Gasteiger partial charge in [-0.2, -0.15) is 5.10 Å². The zero-order valence-corrected chi connectivity index (χ0v) is 27.1. The lowest BCUT2D eigenvalue weighted by molar-refractivity contribution is -0.143. The number of carbonyl (C=O) groups excluding carboxylic acids is 2. The zero-order chi connectivity index (χ0) is 31.4. The number of nitrogens with zero attached hydrogens (tertiary/aromatic N) is 6. The Morgan fingerprint density at radius 2 is 1.91 bits per heavy atom. The predicted molar refractivity (Wildman–Crippen MR) is 173 cm³/mol. The molecule has 1 aromatic carbocycles. The number of rotatable bonds is 9. The highest BCUT2D eigenvalue weighted by atomic mass is 35.5. The van der Waals surface area contributed by atoms with Gasteiger partial charge in [-0.05, 0) is 51.7 Å². The molecule has 3 aliphatic heterocycles. The second kappa shape index (κ2) is 11.7. The van der Waals surface area contributed by atoms with Gasteiger partial charge in [0, 0.05) is 92.1 Å². The quantitative estimate of drug-likeness (QED) is 0.249. The van der Waals surface area contributed by atoms with Crippen molar-refractivity contribution in [3.05, 3.63) is 27.9 Å². The first-order valence-corrected chi connectivity index (χ1v) is 16.1. The summed E-state index contributed by atoms with van der Waals surface area (Å²) in [4.78, 5) is 32.2. The van der Waals surface area contributed by atoms with Crippen molar-refractivity contribution < 1.29 is 14.3 Å². The average molecular weight is 625 g/mol. The van der Waals surface area contributed by atoms with Crippen LogP contribution in [0.5, 0.6) is 0 Å². The van der Waals surface area contributed by atoms with Crippen LogP contribution in [0.3, 0.4) is 0 Å². The van der Waals surface area contributed by atoms with E-state index < -0.39 is 0 Å². The Balaban J connectivity index is 1.35. The van der Waals surface area contributed by atoms with Crippen LogP contribution in [-0.4, -0.2) is 114 Å². The van der Waals surface area contributed by atoms with E-state index in [1.165, 1.54) is 6.21 Å². The molecule has 1 saturated carbocycles. The van der Waals surface area contributed by atoms with E-state index in [4.69, 9.17) is 32.6 Å². The molecule has 1 aromatic heterocycles. The lowest BCUT2D eigenvalue weighted by Gasteiger charge is -2.58. The van der Waals surface area contributed by atoms with Gasteiger partial charge in [-0.1, -0.05) is 18.5 Å². The maximum Gasteiger partial charge on any atom is 0.248 e. The number of carbonyl (C=O) groups is 2. The molecular weight excluding hydrogens is 580 g/mol. The Hall–Kier alpha value is -3.15. The lowest BCUT2D eigenvalue weighted by atomic mass is 9.61. The normalized spacial score (nSPS) is 24.0. The van der Waals surface area contributed by atoms with Crippen LogP contribution in [-0.2, 0) is 14.3 Å². The van der Waals surface area contributed by atoms with Gasteiger partial charge < -0.3 is 30.6 Å². The van der Waals surface area contributed by atoms with Crippen LogP contribution in [0, 0.1) is 24.7 Å². The van der Waals surface area contributed by atoms with E-state index in [2.05, 4.69) is 35.3 Å². The molecule has 3 N–H and O–H groups in total. The molecular formula is C32H45ClN8O3. The summed E-state index contributed by atoms with van der Waals surface area (Å²) >= 11 is 7.06. The smallest absolute Gasteiger partial charge is 0.248 e.